The lowest BCUT2D eigenvalue weighted by Gasteiger charge is -2.21. The molecule has 6 nitrogen and oxygen atoms in total. The smallest absolute Gasteiger partial charge is 0.341 e. The van der Waals surface area contributed by atoms with Gasteiger partial charge in [0.15, 0.2) is 6.61 Å². The van der Waals surface area contributed by atoms with Crippen molar-refractivity contribution in [2.24, 2.45) is 0 Å². The van der Waals surface area contributed by atoms with Crippen LogP contribution < -0.4 is 14.8 Å². The van der Waals surface area contributed by atoms with Gasteiger partial charge in [0.25, 0.3) is 5.91 Å². The third kappa shape index (κ3) is 5.81. The standard InChI is InChI=1S/C20H23NO5/c1-13-11-16(25-12-18(22)23)9-10-17(13)21-19(24)14-5-7-15(8-6-14)26-20(2,3)4/h5-11H,12H2,1-4H3,(H,21,24)(H,22,23). The number of nitrogens with one attached hydrogen (secondary N) is 1. The summed E-state index contributed by atoms with van der Waals surface area (Å²) in [7, 11) is 0. The second-order valence-electron chi connectivity index (χ2n) is 6.85. The maximum Gasteiger partial charge on any atom is 0.341 e. The van der Waals surface area contributed by atoms with Crippen molar-refractivity contribution in [2.45, 2.75) is 33.3 Å². The molecule has 0 spiro atoms. The number of ether oxygens (including phenoxy) is 2. The number of carboxylic acid groups (broad SMARTS) is 1. The molecular formula is C20H23NO5. The lowest BCUT2D eigenvalue weighted by molar-refractivity contribution is -0.139. The molecule has 2 rings (SSSR count). The molecule has 0 aliphatic carbocycles. The van der Waals surface area contributed by atoms with E-state index in [1.807, 2.05) is 27.7 Å². The lowest BCUT2D eigenvalue weighted by atomic mass is 10.1. The van der Waals surface area contributed by atoms with Gasteiger partial charge in [-0.1, -0.05) is 0 Å². The van der Waals surface area contributed by atoms with Crippen molar-refractivity contribution in [3.8, 4) is 11.5 Å². The zero-order valence-electron chi connectivity index (χ0n) is 15.3. The number of hydrogen-bond acceptors (Lipinski definition) is 4. The Balaban J connectivity index is 2.04. The zero-order valence-corrected chi connectivity index (χ0v) is 15.3. The van der Waals surface area contributed by atoms with Crippen LogP contribution in [0.2, 0.25) is 0 Å². The Hall–Kier alpha value is -3.02. The Morgan fingerprint density at radius 1 is 1.04 bits per heavy atom. The molecule has 0 aromatic heterocycles. The second kappa shape index (κ2) is 7.91. The van der Waals surface area contributed by atoms with E-state index in [1.165, 1.54) is 0 Å². The fourth-order valence-corrected chi connectivity index (χ4v) is 2.23. The number of amides is 1. The average molecular weight is 357 g/mol. The average Bonchev–Trinajstić information content (AvgIpc) is 2.54. The molecule has 0 unspecified atom stereocenters. The predicted molar refractivity (Wildman–Crippen MR) is 99.1 cm³/mol. The molecule has 26 heavy (non-hydrogen) atoms. The molecule has 1 amide bonds. The lowest BCUT2D eigenvalue weighted by Crippen LogP contribution is -2.23. The molecule has 138 valence electrons. The van der Waals surface area contributed by atoms with Crippen LogP contribution in [0.25, 0.3) is 0 Å². The summed E-state index contributed by atoms with van der Waals surface area (Å²) in [6, 6.07) is 11.9. The molecule has 2 N–H and O–H groups in total. The summed E-state index contributed by atoms with van der Waals surface area (Å²) in [6.07, 6.45) is 0. The SMILES string of the molecule is Cc1cc(OCC(=O)O)ccc1NC(=O)c1ccc(OC(C)(C)C)cc1. The van der Waals surface area contributed by atoms with Crippen molar-refractivity contribution in [3.05, 3.63) is 53.6 Å². The number of aliphatic carboxylic acids is 1. The first-order valence-electron chi connectivity index (χ1n) is 8.20. The first-order chi connectivity index (χ1) is 12.1. The maximum absolute atomic E-state index is 12.4. The molecule has 0 heterocycles. The van der Waals surface area contributed by atoms with Crippen LogP contribution in [0.5, 0.6) is 11.5 Å². The van der Waals surface area contributed by atoms with Crippen LogP contribution in [0, 0.1) is 6.92 Å². The van der Waals surface area contributed by atoms with Gasteiger partial charge in [-0.05, 0) is 75.7 Å². The molecule has 0 bridgehead atoms. The Labute approximate surface area is 152 Å². The van der Waals surface area contributed by atoms with Gasteiger partial charge in [-0.2, -0.15) is 0 Å². The molecule has 2 aromatic carbocycles. The number of aryl methyl sites for hydroxylation is 1. The summed E-state index contributed by atoms with van der Waals surface area (Å²) in [5.74, 6) is -0.148. The maximum atomic E-state index is 12.4. The minimum absolute atomic E-state index is 0.241. The van der Waals surface area contributed by atoms with Crippen LogP contribution in [-0.4, -0.2) is 29.2 Å². The van der Waals surface area contributed by atoms with E-state index < -0.39 is 12.6 Å². The van der Waals surface area contributed by atoms with Gasteiger partial charge in [-0.3, -0.25) is 4.79 Å². The molecule has 0 aliphatic heterocycles. The monoisotopic (exact) mass is 357 g/mol. The van der Waals surface area contributed by atoms with Crippen molar-refractivity contribution in [3.63, 3.8) is 0 Å². The van der Waals surface area contributed by atoms with Crippen LogP contribution >= 0.6 is 0 Å². The molecule has 2 aromatic rings. The van der Waals surface area contributed by atoms with Crippen molar-refractivity contribution in [2.75, 3.05) is 11.9 Å². The number of carbonyl (C=O) groups is 2. The van der Waals surface area contributed by atoms with Crippen LogP contribution in [-0.2, 0) is 4.79 Å². The third-order valence-corrected chi connectivity index (χ3v) is 3.35. The van der Waals surface area contributed by atoms with Gasteiger partial charge < -0.3 is 19.9 Å². The number of anilines is 1. The van der Waals surface area contributed by atoms with Gasteiger partial charge in [0.05, 0.1) is 0 Å². The summed E-state index contributed by atoms with van der Waals surface area (Å²) in [5.41, 5.74) is 1.62. The number of rotatable bonds is 6. The summed E-state index contributed by atoms with van der Waals surface area (Å²) in [6.45, 7) is 7.28. The zero-order chi connectivity index (χ0) is 19.3. The number of carboxylic acids is 1. The molecule has 0 radical (unpaired) electrons. The van der Waals surface area contributed by atoms with Crippen molar-refractivity contribution in [1.29, 1.82) is 0 Å². The minimum Gasteiger partial charge on any atom is -0.488 e. The highest BCUT2D eigenvalue weighted by Gasteiger charge is 2.13. The predicted octanol–water partition coefficient (Wildman–Crippen LogP) is 3.89. The van der Waals surface area contributed by atoms with Gasteiger partial charge in [0, 0.05) is 11.3 Å². The van der Waals surface area contributed by atoms with E-state index >= 15 is 0 Å². The molecule has 0 saturated carbocycles. The van der Waals surface area contributed by atoms with Gasteiger partial charge in [-0.25, -0.2) is 4.79 Å². The second-order valence-corrected chi connectivity index (χ2v) is 6.85. The summed E-state index contributed by atoms with van der Waals surface area (Å²) in [5, 5.41) is 11.5. The molecular weight excluding hydrogens is 334 g/mol. The number of benzene rings is 2. The van der Waals surface area contributed by atoms with E-state index in [0.717, 1.165) is 5.56 Å². The van der Waals surface area contributed by atoms with E-state index in [1.54, 1.807) is 42.5 Å². The highest BCUT2D eigenvalue weighted by molar-refractivity contribution is 6.04. The highest BCUT2D eigenvalue weighted by Crippen LogP contribution is 2.23. The summed E-state index contributed by atoms with van der Waals surface area (Å²) >= 11 is 0. The van der Waals surface area contributed by atoms with Crippen LogP contribution in [0.1, 0.15) is 36.7 Å². The van der Waals surface area contributed by atoms with Gasteiger partial charge >= 0.3 is 5.97 Å². The van der Waals surface area contributed by atoms with E-state index in [0.29, 0.717) is 22.7 Å². The van der Waals surface area contributed by atoms with E-state index in [4.69, 9.17) is 14.6 Å². The Morgan fingerprint density at radius 2 is 1.65 bits per heavy atom. The van der Waals surface area contributed by atoms with Gasteiger partial charge in [0.1, 0.15) is 17.1 Å². The first kappa shape index (κ1) is 19.3. The van der Waals surface area contributed by atoms with Crippen molar-refractivity contribution >= 4 is 17.6 Å². The molecule has 0 atom stereocenters. The topological polar surface area (TPSA) is 84.9 Å². The van der Waals surface area contributed by atoms with E-state index in [-0.39, 0.29) is 11.5 Å². The number of hydrogen-bond donors (Lipinski definition) is 2. The molecule has 0 fully saturated rings. The largest absolute Gasteiger partial charge is 0.488 e. The van der Waals surface area contributed by atoms with Gasteiger partial charge in [0.2, 0.25) is 0 Å². The van der Waals surface area contributed by atoms with Crippen LogP contribution in [0.15, 0.2) is 42.5 Å². The quantitative estimate of drug-likeness (QED) is 0.819. The Kier molecular flexibility index (Phi) is 5.87. The number of carbonyl (C=O) groups excluding carboxylic acids is 1. The molecule has 6 heteroatoms. The fourth-order valence-electron chi connectivity index (χ4n) is 2.23. The summed E-state index contributed by atoms with van der Waals surface area (Å²) < 4.78 is 10.9. The fraction of sp³-hybridized carbons (Fsp3) is 0.300. The normalized spacial score (nSPS) is 10.9. The van der Waals surface area contributed by atoms with Crippen molar-refractivity contribution in [1.82, 2.24) is 0 Å². The minimum atomic E-state index is -1.04. The van der Waals surface area contributed by atoms with E-state index in [9.17, 15) is 9.59 Å². The Bertz CT molecular complexity index is 791. The van der Waals surface area contributed by atoms with Gasteiger partial charge in [-0.15, -0.1) is 0 Å². The van der Waals surface area contributed by atoms with E-state index in [2.05, 4.69) is 5.32 Å². The molecule has 0 aliphatic rings. The first-order valence-corrected chi connectivity index (χ1v) is 8.20. The van der Waals surface area contributed by atoms with Crippen LogP contribution in [0.4, 0.5) is 5.69 Å². The highest BCUT2D eigenvalue weighted by atomic mass is 16.5. The Morgan fingerprint density at radius 3 is 2.19 bits per heavy atom. The van der Waals surface area contributed by atoms with Crippen molar-refractivity contribution < 1.29 is 24.2 Å². The third-order valence-electron chi connectivity index (χ3n) is 3.35. The van der Waals surface area contributed by atoms with Crippen LogP contribution in [0.3, 0.4) is 0 Å². The molecule has 0 saturated heterocycles. The summed E-state index contributed by atoms with van der Waals surface area (Å²) in [4.78, 5) is 22.9.